The third-order valence-electron chi connectivity index (χ3n) is 3.56. The summed E-state index contributed by atoms with van der Waals surface area (Å²) >= 11 is 4.71. The molecule has 2 aliphatic rings. The maximum absolute atomic E-state index is 12.5. The van der Waals surface area contributed by atoms with Crippen LogP contribution in [-0.2, 0) is 9.63 Å². The van der Waals surface area contributed by atoms with Crippen LogP contribution in [0.5, 0.6) is 0 Å². The summed E-state index contributed by atoms with van der Waals surface area (Å²) in [6.07, 6.45) is 1.58. The summed E-state index contributed by atoms with van der Waals surface area (Å²) in [4.78, 5) is 37.2. The number of carbonyl (C=O) groups excluding carboxylic acids is 2. The SMILES string of the molecule is C=CCON1C(=O)N2CC1c1scnc1[C@H]2C(=O)NCCBr. The van der Waals surface area contributed by atoms with Crippen LogP contribution in [0.1, 0.15) is 22.7 Å². The largest absolute Gasteiger partial charge is 0.353 e. The third kappa shape index (κ3) is 2.42. The molecule has 9 heteroatoms. The number of hydrogen-bond acceptors (Lipinski definition) is 5. The van der Waals surface area contributed by atoms with Crippen LogP contribution in [0, 0.1) is 0 Å². The summed E-state index contributed by atoms with van der Waals surface area (Å²) in [5.74, 6) is -0.219. The number of hydrogen-bond donors (Lipinski definition) is 1. The van der Waals surface area contributed by atoms with E-state index in [2.05, 4.69) is 32.8 Å². The zero-order chi connectivity index (χ0) is 15.7. The first-order valence-electron chi connectivity index (χ1n) is 6.79. The quantitative estimate of drug-likeness (QED) is 0.595. The van der Waals surface area contributed by atoms with E-state index < -0.39 is 6.04 Å². The van der Waals surface area contributed by atoms with Gasteiger partial charge in [0, 0.05) is 11.9 Å². The van der Waals surface area contributed by atoms with Crippen LogP contribution < -0.4 is 5.32 Å². The van der Waals surface area contributed by atoms with Crippen LogP contribution in [0.25, 0.3) is 0 Å². The first-order valence-corrected chi connectivity index (χ1v) is 8.79. The fourth-order valence-electron chi connectivity index (χ4n) is 2.68. The lowest BCUT2D eigenvalue weighted by molar-refractivity contribution is -0.125. The summed E-state index contributed by atoms with van der Waals surface area (Å²) < 4.78 is 0. The summed E-state index contributed by atoms with van der Waals surface area (Å²) in [7, 11) is 0. The fraction of sp³-hybridized carbons (Fsp3) is 0.462. The molecule has 1 saturated heterocycles. The summed E-state index contributed by atoms with van der Waals surface area (Å²) in [6.45, 7) is 4.75. The summed E-state index contributed by atoms with van der Waals surface area (Å²) in [5, 5.41) is 4.79. The lowest BCUT2D eigenvalue weighted by Crippen LogP contribution is -2.44. The molecule has 2 aliphatic heterocycles. The van der Waals surface area contributed by atoms with Crippen LogP contribution in [-0.4, -0.2) is 51.9 Å². The maximum Gasteiger partial charge on any atom is 0.345 e. The number of thiazole rings is 1. The van der Waals surface area contributed by atoms with Crippen molar-refractivity contribution in [3.63, 3.8) is 0 Å². The first kappa shape index (κ1) is 15.4. The Morgan fingerprint density at radius 2 is 2.50 bits per heavy atom. The number of amides is 3. The van der Waals surface area contributed by atoms with E-state index in [1.165, 1.54) is 21.3 Å². The monoisotopic (exact) mass is 386 g/mol. The smallest absolute Gasteiger partial charge is 0.345 e. The number of urea groups is 1. The average molecular weight is 387 g/mol. The minimum Gasteiger partial charge on any atom is -0.353 e. The van der Waals surface area contributed by atoms with E-state index in [0.29, 0.717) is 24.1 Å². The number of nitrogens with one attached hydrogen (secondary N) is 1. The number of hydroxylamine groups is 2. The van der Waals surface area contributed by atoms with E-state index in [1.807, 2.05) is 0 Å². The number of alkyl halides is 1. The molecule has 118 valence electrons. The molecule has 7 nitrogen and oxygen atoms in total. The summed E-state index contributed by atoms with van der Waals surface area (Å²) in [5.41, 5.74) is 2.35. The molecule has 0 aromatic carbocycles. The zero-order valence-corrected chi connectivity index (χ0v) is 14.1. The van der Waals surface area contributed by atoms with Crippen molar-refractivity contribution in [1.29, 1.82) is 0 Å². The molecule has 0 saturated carbocycles. The first-order chi connectivity index (χ1) is 10.7. The van der Waals surface area contributed by atoms with Crippen molar-refractivity contribution >= 4 is 39.2 Å². The van der Waals surface area contributed by atoms with Gasteiger partial charge in [-0.1, -0.05) is 22.0 Å². The number of rotatable bonds is 6. The number of carbonyl (C=O) groups is 2. The minimum atomic E-state index is -0.693. The lowest BCUT2D eigenvalue weighted by atomic mass is 10.0. The Labute approximate surface area is 140 Å². The molecule has 0 radical (unpaired) electrons. The van der Waals surface area contributed by atoms with Crippen LogP contribution in [0.2, 0.25) is 0 Å². The van der Waals surface area contributed by atoms with E-state index in [0.717, 1.165) is 4.88 Å². The Morgan fingerprint density at radius 3 is 3.23 bits per heavy atom. The highest BCUT2D eigenvalue weighted by atomic mass is 79.9. The maximum atomic E-state index is 12.5. The molecule has 0 spiro atoms. The van der Waals surface area contributed by atoms with Crippen LogP contribution in [0.3, 0.4) is 0 Å². The highest BCUT2D eigenvalue weighted by Gasteiger charge is 2.52. The number of aromatic nitrogens is 1. The lowest BCUT2D eigenvalue weighted by Gasteiger charge is -2.28. The van der Waals surface area contributed by atoms with Gasteiger partial charge in [0.15, 0.2) is 6.04 Å². The Balaban J connectivity index is 1.91. The molecule has 2 atom stereocenters. The molecular formula is C13H15BrN4O3S. The molecular weight excluding hydrogens is 372 g/mol. The van der Waals surface area contributed by atoms with Crippen LogP contribution in [0.4, 0.5) is 4.79 Å². The van der Waals surface area contributed by atoms with E-state index in [1.54, 1.807) is 11.6 Å². The molecule has 1 unspecified atom stereocenters. The van der Waals surface area contributed by atoms with Crippen molar-refractivity contribution in [2.75, 3.05) is 25.0 Å². The molecule has 1 fully saturated rings. The normalized spacial score (nSPS) is 22.7. The Bertz CT molecular complexity index is 608. The van der Waals surface area contributed by atoms with E-state index in [4.69, 9.17) is 4.84 Å². The zero-order valence-electron chi connectivity index (χ0n) is 11.7. The molecule has 3 rings (SSSR count). The predicted molar refractivity (Wildman–Crippen MR) is 84.5 cm³/mol. The Hall–Kier alpha value is -1.45. The second-order valence-corrected chi connectivity index (χ2v) is 6.52. The Morgan fingerprint density at radius 1 is 1.68 bits per heavy atom. The number of nitrogens with zero attached hydrogens (tertiary/aromatic N) is 3. The fourth-order valence-corrected chi connectivity index (χ4v) is 3.77. The van der Waals surface area contributed by atoms with E-state index >= 15 is 0 Å². The molecule has 3 amide bonds. The van der Waals surface area contributed by atoms with Crippen LogP contribution in [0.15, 0.2) is 18.2 Å². The van der Waals surface area contributed by atoms with Gasteiger partial charge in [0.05, 0.1) is 29.2 Å². The van der Waals surface area contributed by atoms with Gasteiger partial charge in [0.1, 0.15) is 6.04 Å². The molecule has 3 heterocycles. The second kappa shape index (κ2) is 6.35. The highest BCUT2D eigenvalue weighted by molar-refractivity contribution is 9.09. The predicted octanol–water partition coefficient (Wildman–Crippen LogP) is 1.61. The Kier molecular flexibility index (Phi) is 4.46. The van der Waals surface area contributed by atoms with Gasteiger partial charge in [-0.05, 0) is 0 Å². The van der Waals surface area contributed by atoms with Crippen molar-refractivity contribution in [2.45, 2.75) is 12.1 Å². The van der Waals surface area contributed by atoms with Crippen molar-refractivity contribution in [3.05, 3.63) is 28.7 Å². The van der Waals surface area contributed by atoms with Gasteiger partial charge in [0.2, 0.25) is 5.91 Å². The van der Waals surface area contributed by atoms with Crippen molar-refractivity contribution in [1.82, 2.24) is 20.3 Å². The van der Waals surface area contributed by atoms with Crippen molar-refractivity contribution in [3.8, 4) is 0 Å². The van der Waals surface area contributed by atoms with Gasteiger partial charge >= 0.3 is 6.03 Å². The van der Waals surface area contributed by atoms with Crippen molar-refractivity contribution < 1.29 is 14.4 Å². The second-order valence-electron chi connectivity index (χ2n) is 4.85. The molecule has 1 aromatic rings. The van der Waals surface area contributed by atoms with Gasteiger partial charge in [0.25, 0.3) is 0 Å². The molecule has 0 aliphatic carbocycles. The third-order valence-corrected chi connectivity index (χ3v) is 4.90. The average Bonchev–Trinajstić information content (AvgIpc) is 3.10. The van der Waals surface area contributed by atoms with Gasteiger partial charge in [-0.15, -0.1) is 17.9 Å². The topological polar surface area (TPSA) is 74.8 Å². The standard InChI is InChI=1S/C13H15BrN4O3S/c1-2-5-21-18-8-6-17(13(18)20)10(12(19)15-4-3-14)9-11(8)22-7-16-9/h2,7-8,10H,1,3-6H2,(H,15,19)/t8?,10-/m0/s1. The van der Waals surface area contributed by atoms with Gasteiger partial charge in [-0.2, -0.15) is 5.06 Å². The highest BCUT2D eigenvalue weighted by Crippen LogP contribution is 2.45. The van der Waals surface area contributed by atoms with Gasteiger partial charge in [-0.25, -0.2) is 9.78 Å². The van der Waals surface area contributed by atoms with E-state index in [-0.39, 0.29) is 24.6 Å². The van der Waals surface area contributed by atoms with Gasteiger partial charge < -0.3 is 10.2 Å². The summed E-state index contributed by atoms with van der Waals surface area (Å²) in [6, 6.07) is -1.22. The van der Waals surface area contributed by atoms with E-state index in [9.17, 15) is 9.59 Å². The number of fused-ring (bicyclic) bond motifs is 4. The van der Waals surface area contributed by atoms with Crippen LogP contribution >= 0.6 is 27.3 Å². The minimum absolute atomic E-state index is 0.213. The molecule has 1 N–H and O–H groups in total. The van der Waals surface area contributed by atoms with Crippen molar-refractivity contribution in [2.24, 2.45) is 0 Å². The molecule has 2 bridgehead atoms. The molecule has 1 aromatic heterocycles. The number of halogens is 1. The van der Waals surface area contributed by atoms with Gasteiger partial charge in [-0.3, -0.25) is 9.63 Å². The molecule has 22 heavy (non-hydrogen) atoms.